The minimum absolute atomic E-state index is 0.637. The predicted octanol–water partition coefficient (Wildman–Crippen LogP) is 18.2. The van der Waals surface area contributed by atoms with Gasteiger partial charge in [0.1, 0.15) is 5.75 Å². The van der Waals surface area contributed by atoms with Gasteiger partial charge in [0, 0.05) is 39.7 Å². The largest absolute Gasteiger partial charge is 0.493 e. The molecule has 0 bridgehead atoms. The maximum absolute atomic E-state index is 5.85. The highest BCUT2D eigenvalue weighted by atomic mass is 16.5. The summed E-state index contributed by atoms with van der Waals surface area (Å²) >= 11 is 0. The number of ether oxygens (including phenoxy) is 1. The molecule has 9 aromatic rings. The molecule has 0 spiro atoms. The second kappa shape index (κ2) is 20.6. The van der Waals surface area contributed by atoms with Gasteiger partial charge >= 0.3 is 0 Å². The highest BCUT2D eigenvalue weighted by Gasteiger charge is 2.17. The van der Waals surface area contributed by atoms with Crippen LogP contribution in [0.5, 0.6) is 5.75 Å². The quantitative estimate of drug-likeness (QED) is 0.101. The Balaban J connectivity index is 0.938. The molecule has 3 nitrogen and oxygen atoms in total. The topological polar surface area (TPSA) is 15.7 Å². The molecule has 334 valence electrons. The maximum Gasteiger partial charge on any atom is 0.126 e. The minimum Gasteiger partial charge on any atom is -0.493 e. The van der Waals surface area contributed by atoms with Crippen LogP contribution in [0.1, 0.15) is 57.0 Å². The molecule has 9 rings (SSSR count). The summed E-state index contributed by atoms with van der Waals surface area (Å²) in [5, 5.41) is 0. The lowest BCUT2D eigenvalue weighted by Crippen LogP contribution is -2.11. The van der Waals surface area contributed by atoms with Gasteiger partial charge in [0.25, 0.3) is 0 Å². The van der Waals surface area contributed by atoms with Crippen LogP contribution < -0.4 is 14.5 Å². The van der Waals surface area contributed by atoms with Crippen molar-refractivity contribution in [3.63, 3.8) is 0 Å². The van der Waals surface area contributed by atoms with E-state index in [4.69, 9.17) is 4.74 Å². The van der Waals surface area contributed by atoms with Crippen LogP contribution in [0, 0.1) is 34.6 Å². The van der Waals surface area contributed by atoms with Gasteiger partial charge in [-0.2, -0.15) is 0 Å². The fourth-order valence-electron chi connectivity index (χ4n) is 8.86. The van der Waals surface area contributed by atoms with Crippen LogP contribution in [0.2, 0.25) is 0 Å². The van der Waals surface area contributed by atoms with Gasteiger partial charge in [-0.1, -0.05) is 181 Å². The zero-order chi connectivity index (χ0) is 47.0. The zero-order valence-corrected chi connectivity index (χ0v) is 39.9. The summed E-state index contributed by atoms with van der Waals surface area (Å²) in [6.07, 6.45) is 8.62. The van der Waals surface area contributed by atoms with Crippen molar-refractivity contribution in [3.8, 4) is 28.0 Å². The first-order valence-corrected chi connectivity index (χ1v) is 23.6. The summed E-state index contributed by atoms with van der Waals surface area (Å²) < 4.78 is 5.85. The average molecular weight is 883 g/mol. The molecule has 0 aliphatic heterocycles. The van der Waals surface area contributed by atoms with E-state index in [0.717, 1.165) is 50.9 Å². The van der Waals surface area contributed by atoms with Crippen LogP contribution in [0.25, 0.3) is 46.6 Å². The summed E-state index contributed by atoms with van der Waals surface area (Å²) in [5.74, 6) is 0.895. The number of nitrogens with zero attached hydrogens (tertiary/aromatic N) is 2. The van der Waals surface area contributed by atoms with Gasteiger partial charge in [0.05, 0.1) is 6.61 Å². The van der Waals surface area contributed by atoms with E-state index in [1.54, 1.807) is 0 Å². The Morgan fingerprint density at radius 3 is 1.09 bits per heavy atom. The lowest BCUT2D eigenvalue weighted by atomic mass is 9.99. The molecule has 0 unspecified atom stereocenters. The maximum atomic E-state index is 5.85. The second-order valence-electron chi connectivity index (χ2n) is 17.7. The van der Waals surface area contributed by atoms with Crippen molar-refractivity contribution in [1.82, 2.24) is 0 Å². The molecule has 0 radical (unpaired) electrons. The SMILES string of the molecule is CCOc1ccccc1/C=C/c1ccc(N(c2ccc(-c3ccc(-c4ccc(N(c5ccc(/C=C/c6ccc(C)cc6)cc5)c5ccc(C)cc5C)cc4)cc3)cc2)c2ccc(C)cc2C)cc1. The van der Waals surface area contributed by atoms with Gasteiger partial charge in [-0.25, -0.2) is 0 Å². The molecule has 0 atom stereocenters. The first kappa shape index (κ1) is 45.0. The minimum atomic E-state index is 0.637. The van der Waals surface area contributed by atoms with Crippen LogP contribution in [-0.4, -0.2) is 6.61 Å². The van der Waals surface area contributed by atoms with E-state index in [9.17, 15) is 0 Å². The Labute approximate surface area is 403 Å². The molecule has 0 aromatic heterocycles. The van der Waals surface area contributed by atoms with E-state index in [1.807, 2.05) is 25.1 Å². The van der Waals surface area contributed by atoms with Crippen molar-refractivity contribution in [3.05, 3.63) is 256 Å². The van der Waals surface area contributed by atoms with Gasteiger partial charge in [-0.15, -0.1) is 0 Å². The summed E-state index contributed by atoms with van der Waals surface area (Å²) in [5.41, 5.74) is 22.2. The van der Waals surface area contributed by atoms with E-state index < -0.39 is 0 Å². The van der Waals surface area contributed by atoms with E-state index in [1.165, 1.54) is 61.3 Å². The molecule has 0 aliphatic rings. The number of hydrogen-bond acceptors (Lipinski definition) is 3. The van der Waals surface area contributed by atoms with E-state index in [2.05, 4.69) is 257 Å². The van der Waals surface area contributed by atoms with Gasteiger partial charge in [-0.3, -0.25) is 0 Å². The van der Waals surface area contributed by atoms with Crippen molar-refractivity contribution in [1.29, 1.82) is 0 Å². The van der Waals surface area contributed by atoms with E-state index >= 15 is 0 Å². The molecule has 0 amide bonds. The first-order chi connectivity index (χ1) is 33.2. The van der Waals surface area contributed by atoms with Gasteiger partial charge in [0.2, 0.25) is 0 Å². The van der Waals surface area contributed by atoms with Crippen molar-refractivity contribution in [2.75, 3.05) is 16.4 Å². The van der Waals surface area contributed by atoms with E-state index in [-0.39, 0.29) is 0 Å². The monoisotopic (exact) mass is 882 g/mol. The smallest absolute Gasteiger partial charge is 0.126 e. The lowest BCUT2D eigenvalue weighted by molar-refractivity contribution is 0.339. The number of hydrogen-bond donors (Lipinski definition) is 0. The lowest BCUT2D eigenvalue weighted by Gasteiger charge is -2.27. The molecular formula is C65H58N2O. The number of rotatable bonds is 14. The van der Waals surface area contributed by atoms with Crippen LogP contribution in [0.4, 0.5) is 34.1 Å². The molecular weight excluding hydrogens is 825 g/mol. The number of aryl methyl sites for hydroxylation is 5. The molecule has 68 heavy (non-hydrogen) atoms. The summed E-state index contributed by atoms with van der Waals surface area (Å²) in [6, 6.07) is 74.6. The Kier molecular flexibility index (Phi) is 13.6. The van der Waals surface area contributed by atoms with Crippen molar-refractivity contribution >= 4 is 58.4 Å². The summed E-state index contributed by atoms with van der Waals surface area (Å²) in [4.78, 5) is 4.71. The molecule has 0 saturated carbocycles. The normalized spacial score (nSPS) is 11.3. The number of para-hydroxylation sites is 1. The molecule has 0 saturated heterocycles. The highest BCUT2D eigenvalue weighted by molar-refractivity contribution is 5.84. The van der Waals surface area contributed by atoms with Crippen molar-refractivity contribution in [2.45, 2.75) is 41.5 Å². The molecule has 0 aliphatic carbocycles. The predicted molar refractivity (Wildman–Crippen MR) is 292 cm³/mol. The average Bonchev–Trinajstić information content (AvgIpc) is 3.36. The zero-order valence-electron chi connectivity index (χ0n) is 39.9. The van der Waals surface area contributed by atoms with Crippen LogP contribution in [-0.2, 0) is 0 Å². The summed E-state index contributed by atoms with van der Waals surface area (Å²) in [7, 11) is 0. The van der Waals surface area contributed by atoms with Crippen LogP contribution in [0.3, 0.4) is 0 Å². The fraction of sp³-hybridized carbons (Fsp3) is 0.108. The third-order valence-corrected chi connectivity index (χ3v) is 12.5. The molecule has 3 heteroatoms. The molecule has 9 aromatic carbocycles. The second-order valence-corrected chi connectivity index (χ2v) is 17.7. The van der Waals surface area contributed by atoms with Crippen LogP contribution in [0.15, 0.2) is 206 Å². The van der Waals surface area contributed by atoms with Crippen molar-refractivity contribution < 1.29 is 4.74 Å². The number of anilines is 6. The van der Waals surface area contributed by atoms with Gasteiger partial charge in [-0.05, 0) is 158 Å². The van der Waals surface area contributed by atoms with Gasteiger partial charge < -0.3 is 14.5 Å². The third-order valence-electron chi connectivity index (χ3n) is 12.5. The molecule has 0 N–H and O–H groups in total. The Hall–Kier alpha value is -8.14. The standard InChI is InChI=1S/C65H58N2O/c1-7-68-65-11-9-8-10-58(65)25-20-53-23-36-60(37-24-53)67(64-43-15-48(4)45-50(64)6)62-40-32-57(33-41-62)55-28-26-54(27-29-55)56-30-38-61(39-31-56)66(63-42-14-47(3)44-49(63)5)59-34-21-52(22-35-59)19-18-51-16-12-46(2)13-17-51/h8-45H,7H2,1-6H3/b19-18+,25-20+. The Morgan fingerprint density at radius 2 is 0.691 bits per heavy atom. The summed E-state index contributed by atoms with van der Waals surface area (Å²) in [6.45, 7) is 13.5. The first-order valence-electron chi connectivity index (χ1n) is 23.6. The molecule has 0 heterocycles. The van der Waals surface area contributed by atoms with Crippen LogP contribution >= 0.6 is 0 Å². The Morgan fingerprint density at radius 1 is 0.353 bits per heavy atom. The van der Waals surface area contributed by atoms with Gasteiger partial charge in [0.15, 0.2) is 0 Å². The fourth-order valence-corrected chi connectivity index (χ4v) is 8.86. The highest BCUT2D eigenvalue weighted by Crippen LogP contribution is 2.40. The third kappa shape index (κ3) is 10.4. The Bertz CT molecular complexity index is 3180. The number of benzene rings is 9. The van der Waals surface area contributed by atoms with Crippen molar-refractivity contribution in [2.24, 2.45) is 0 Å². The molecule has 0 fully saturated rings. The van der Waals surface area contributed by atoms with E-state index in [0.29, 0.717) is 6.61 Å².